The summed E-state index contributed by atoms with van der Waals surface area (Å²) in [5.41, 5.74) is 0.242. The van der Waals surface area contributed by atoms with E-state index in [2.05, 4.69) is 5.32 Å². The summed E-state index contributed by atoms with van der Waals surface area (Å²) in [7, 11) is 1.37. The number of amides is 1. The molecule has 1 aromatic rings. The number of nitrogens with zero attached hydrogens (tertiary/aromatic N) is 2. The quantitative estimate of drug-likeness (QED) is 0.639. The molecule has 0 radical (unpaired) electrons. The van der Waals surface area contributed by atoms with E-state index in [1.807, 2.05) is 4.90 Å². The summed E-state index contributed by atoms with van der Waals surface area (Å²) in [5, 5.41) is 22.1. The summed E-state index contributed by atoms with van der Waals surface area (Å²) in [5.74, 6) is 0.226. The average Bonchev–Trinajstić information content (AvgIpc) is 2.47. The fourth-order valence-corrected chi connectivity index (χ4v) is 2.14. The minimum absolute atomic E-state index is 0.0358. The number of anilines is 2. The van der Waals surface area contributed by atoms with E-state index >= 15 is 0 Å². The summed E-state index contributed by atoms with van der Waals surface area (Å²) >= 11 is 0. The Morgan fingerprint density at radius 2 is 2.14 bits per heavy atom. The standard InChI is InChI=1S/C12H15N3O6/c1-20-11-7-9(14-2-4-21-5-3-14)10(15(18)19)6-8(11)13-12(16)17/h6-7,13H,2-5H2,1H3,(H,16,17). The molecule has 0 unspecified atom stereocenters. The molecule has 0 spiro atoms. The molecule has 114 valence electrons. The fraction of sp³-hybridized carbons (Fsp3) is 0.417. The Morgan fingerprint density at radius 1 is 1.48 bits per heavy atom. The molecule has 1 fully saturated rings. The van der Waals surface area contributed by atoms with Gasteiger partial charge in [0.05, 0.1) is 30.9 Å². The van der Waals surface area contributed by atoms with Gasteiger partial charge in [0.15, 0.2) is 0 Å². The molecule has 0 aliphatic carbocycles. The van der Waals surface area contributed by atoms with E-state index in [0.717, 1.165) is 6.07 Å². The molecule has 2 N–H and O–H groups in total. The van der Waals surface area contributed by atoms with Crippen LogP contribution in [0.1, 0.15) is 0 Å². The predicted octanol–water partition coefficient (Wildman–Crippen LogP) is 1.53. The van der Waals surface area contributed by atoms with Gasteiger partial charge in [0.2, 0.25) is 0 Å². The third-order valence-electron chi connectivity index (χ3n) is 3.09. The number of benzene rings is 1. The Labute approximate surface area is 120 Å². The van der Waals surface area contributed by atoms with E-state index in [-0.39, 0.29) is 17.1 Å². The van der Waals surface area contributed by atoms with E-state index in [4.69, 9.17) is 14.6 Å². The highest BCUT2D eigenvalue weighted by atomic mass is 16.6. The smallest absolute Gasteiger partial charge is 0.409 e. The van der Waals surface area contributed by atoms with Crippen LogP contribution in [0, 0.1) is 10.1 Å². The lowest BCUT2D eigenvalue weighted by molar-refractivity contribution is -0.384. The largest absolute Gasteiger partial charge is 0.494 e. The van der Waals surface area contributed by atoms with Crippen molar-refractivity contribution in [2.24, 2.45) is 0 Å². The maximum absolute atomic E-state index is 11.2. The molecule has 1 amide bonds. The first-order valence-corrected chi connectivity index (χ1v) is 6.22. The SMILES string of the molecule is COc1cc(N2CCOCC2)c([N+](=O)[O-])cc1NC(=O)O. The van der Waals surface area contributed by atoms with Crippen molar-refractivity contribution in [1.82, 2.24) is 0 Å². The second-order valence-corrected chi connectivity index (χ2v) is 4.33. The normalized spacial score (nSPS) is 14.6. The number of hydrogen-bond acceptors (Lipinski definition) is 6. The van der Waals surface area contributed by atoms with Gasteiger partial charge in [0.25, 0.3) is 5.69 Å². The summed E-state index contributed by atoms with van der Waals surface area (Å²) in [4.78, 5) is 23.2. The Balaban J connectivity index is 2.47. The molecular formula is C12H15N3O6. The van der Waals surface area contributed by atoms with Gasteiger partial charge >= 0.3 is 6.09 Å². The van der Waals surface area contributed by atoms with Gasteiger partial charge < -0.3 is 19.5 Å². The molecule has 9 nitrogen and oxygen atoms in total. The lowest BCUT2D eigenvalue weighted by atomic mass is 10.2. The van der Waals surface area contributed by atoms with Gasteiger partial charge in [-0.2, -0.15) is 0 Å². The van der Waals surface area contributed by atoms with Crippen molar-refractivity contribution >= 4 is 23.2 Å². The fourth-order valence-electron chi connectivity index (χ4n) is 2.14. The molecule has 0 aromatic heterocycles. The monoisotopic (exact) mass is 297 g/mol. The molecule has 1 aliphatic heterocycles. The molecule has 0 saturated carbocycles. The Hall–Kier alpha value is -2.55. The number of nitrogens with one attached hydrogen (secondary N) is 1. The van der Waals surface area contributed by atoms with E-state index in [1.165, 1.54) is 13.2 Å². The van der Waals surface area contributed by atoms with Crippen LogP contribution < -0.4 is 15.0 Å². The van der Waals surface area contributed by atoms with Gasteiger partial charge in [0.1, 0.15) is 11.4 Å². The van der Waals surface area contributed by atoms with Crippen molar-refractivity contribution < 1.29 is 24.3 Å². The lowest BCUT2D eigenvalue weighted by Gasteiger charge is -2.29. The summed E-state index contributed by atoms with van der Waals surface area (Å²) in [6.45, 7) is 2.01. The van der Waals surface area contributed by atoms with Crippen LogP contribution in [-0.2, 0) is 4.74 Å². The van der Waals surface area contributed by atoms with Crippen LogP contribution in [0.5, 0.6) is 5.75 Å². The summed E-state index contributed by atoms with van der Waals surface area (Å²) in [6, 6.07) is 2.63. The van der Waals surface area contributed by atoms with Crippen molar-refractivity contribution in [3.05, 3.63) is 22.2 Å². The van der Waals surface area contributed by atoms with Crippen molar-refractivity contribution in [3.63, 3.8) is 0 Å². The summed E-state index contributed by atoms with van der Waals surface area (Å²) < 4.78 is 10.3. The third-order valence-corrected chi connectivity index (χ3v) is 3.09. The highest BCUT2D eigenvalue weighted by molar-refractivity contribution is 5.88. The molecule has 1 saturated heterocycles. The number of hydrogen-bond donors (Lipinski definition) is 2. The molecule has 21 heavy (non-hydrogen) atoms. The van der Waals surface area contributed by atoms with Crippen LogP contribution >= 0.6 is 0 Å². The second kappa shape index (κ2) is 6.27. The number of morpholine rings is 1. The topological polar surface area (TPSA) is 114 Å². The second-order valence-electron chi connectivity index (χ2n) is 4.33. The minimum atomic E-state index is -1.32. The molecular weight excluding hydrogens is 282 g/mol. The first kappa shape index (κ1) is 14.9. The van der Waals surface area contributed by atoms with Crippen LogP contribution in [0.3, 0.4) is 0 Å². The number of methoxy groups -OCH3 is 1. The predicted molar refractivity (Wildman–Crippen MR) is 74.3 cm³/mol. The van der Waals surface area contributed by atoms with E-state index in [0.29, 0.717) is 32.0 Å². The zero-order valence-electron chi connectivity index (χ0n) is 11.4. The first-order valence-electron chi connectivity index (χ1n) is 6.22. The molecule has 0 atom stereocenters. The number of nitro groups is 1. The van der Waals surface area contributed by atoms with E-state index < -0.39 is 11.0 Å². The zero-order chi connectivity index (χ0) is 15.4. The van der Waals surface area contributed by atoms with Crippen molar-refractivity contribution in [2.75, 3.05) is 43.6 Å². The Kier molecular flexibility index (Phi) is 4.43. The van der Waals surface area contributed by atoms with Gasteiger partial charge in [-0.05, 0) is 0 Å². The van der Waals surface area contributed by atoms with Gasteiger partial charge in [-0.1, -0.05) is 0 Å². The molecule has 1 aromatic carbocycles. The van der Waals surface area contributed by atoms with Crippen LogP contribution in [-0.4, -0.2) is 49.5 Å². The van der Waals surface area contributed by atoms with Crippen molar-refractivity contribution in [1.29, 1.82) is 0 Å². The number of carboxylic acid groups (broad SMARTS) is 1. The number of rotatable bonds is 4. The van der Waals surface area contributed by atoms with Gasteiger partial charge in [-0.15, -0.1) is 0 Å². The number of ether oxygens (including phenoxy) is 2. The van der Waals surface area contributed by atoms with Crippen molar-refractivity contribution in [2.45, 2.75) is 0 Å². The van der Waals surface area contributed by atoms with Crippen LogP contribution in [0.25, 0.3) is 0 Å². The lowest BCUT2D eigenvalue weighted by Crippen LogP contribution is -2.36. The summed E-state index contributed by atoms with van der Waals surface area (Å²) in [6.07, 6.45) is -1.32. The van der Waals surface area contributed by atoms with E-state index in [9.17, 15) is 14.9 Å². The van der Waals surface area contributed by atoms with Crippen molar-refractivity contribution in [3.8, 4) is 5.75 Å². The van der Waals surface area contributed by atoms with E-state index in [1.54, 1.807) is 0 Å². The highest BCUT2D eigenvalue weighted by Crippen LogP contribution is 2.38. The number of carbonyl (C=O) groups is 1. The van der Waals surface area contributed by atoms with Crippen LogP contribution in [0.4, 0.5) is 21.9 Å². The van der Waals surface area contributed by atoms with Crippen LogP contribution in [0.15, 0.2) is 12.1 Å². The first-order chi connectivity index (χ1) is 10.0. The molecule has 9 heteroatoms. The minimum Gasteiger partial charge on any atom is -0.494 e. The maximum atomic E-state index is 11.2. The van der Waals surface area contributed by atoms with Gasteiger partial charge in [-0.25, -0.2) is 4.79 Å². The third kappa shape index (κ3) is 3.31. The Bertz CT molecular complexity index is 556. The molecule has 1 aliphatic rings. The van der Waals surface area contributed by atoms with Crippen LogP contribution in [0.2, 0.25) is 0 Å². The average molecular weight is 297 g/mol. The van der Waals surface area contributed by atoms with Gasteiger partial charge in [0, 0.05) is 25.2 Å². The molecule has 0 bridgehead atoms. The molecule has 1 heterocycles. The zero-order valence-corrected chi connectivity index (χ0v) is 11.4. The highest BCUT2D eigenvalue weighted by Gasteiger charge is 2.25. The molecule has 2 rings (SSSR count). The van der Waals surface area contributed by atoms with Gasteiger partial charge in [-0.3, -0.25) is 15.4 Å². The Morgan fingerprint density at radius 3 is 2.67 bits per heavy atom. The maximum Gasteiger partial charge on any atom is 0.409 e. The number of nitro benzene ring substituents is 1.